The first-order chi connectivity index (χ1) is 25.5. The van der Waals surface area contributed by atoms with Crippen LogP contribution < -0.4 is 5.73 Å². The Hall–Kier alpha value is -1.56. The molecular weight excluding hydrogens is 701 g/mol. The zero-order chi connectivity index (χ0) is 39.4. The minimum atomic E-state index is -4.72. The molecule has 0 aliphatic rings. The van der Waals surface area contributed by atoms with Crippen LogP contribution in [0.2, 0.25) is 0 Å². The molecule has 13 heteroatoms. The number of carboxylic acids is 1. The molecule has 53 heavy (non-hydrogen) atoms. The second-order valence-electron chi connectivity index (χ2n) is 14.7. The van der Waals surface area contributed by atoms with Gasteiger partial charge in [0.2, 0.25) is 0 Å². The average molecular weight is 780 g/mol. The van der Waals surface area contributed by atoms with Crippen molar-refractivity contribution < 1.29 is 52.6 Å². The Morgan fingerprint density at radius 2 is 0.943 bits per heavy atom. The molecule has 0 aliphatic carbocycles. The van der Waals surface area contributed by atoms with Crippen LogP contribution in [0.1, 0.15) is 200 Å². The standard InChI is InChI=1S/C40H78NO11P/c1-3-5-7-9-10-11-12-13-14-15-19-22-26-30-38(43)49-32-36(33-50-53(47,48)51-34-37(41)40(45)46)52-39(44)31-27-23-20-17-16-18-21-25-29-35(42)28-24-8-6-4-2/h35-37,42H,3-34,41H2,1-2H3,(H,45,46)(H,47,48). The zero-order valence-electron chi connectivity index (χ0n) is 33.5. The van der Waals surface area contributed by atoms with Crippen molar-refractivity contribution in [3.05, 3.63) is 0 Å². The molecule has 0 aromatic carbocycles. The van der Waals surface area contributed by atoms with E-state index in [0.29, 0.717) is 12.8 Å². The topological polar surface area (TPSA) is 192 Å². The largest absolute Gasteiger partial charge is 0.480 e. The molecule has 0 fully saturated rings. The van der Waals surface area contributed by atoms with Crippen LogP contribution >= 0.6 is 7.82 Å². The maximum absolute atomic E-state index is 12.6. The number of aliphatic hydroxyl groups is 1. The Balaban J connectivity index is 4.38. The highest BCUT2D eigenvalue weighted by Crippen LogP contribution is 2.43. The van der Waals surface area contributed by atoms with Crippen LogP contribution in [0.15, 0.2) is 0 Å². The molecular formula is C40H78NO11P. The van der Waals surface area contributed by atoms with Gasteiger partial charge in [0.15, 0.2) is 6.10 Å². The van der Waals surface area contributed by atoms with Crippen molar-refractivity contribution in [2.24, 2.45) is 5.73 Å². The summed E-state index contributed by atoms with van der Waals surface area (Å²) in [6, 6.07) is -1.53. The van der Waals surface area contributed by atoms with Crippen molar-refractivity contribution in [2.75, 3.05) is 19.8 Å². The van der Waals surface area contributed by atoms with Crippen LogP contribution in [0.25, 0.3) is 0 Å². The lowest BCUT2D eigenvalue weighted by molar-refractivity contribution is -0.161. The summed E-state index contributed by atoms with van der Waals surface area (Å²) in [5, 5.41) is 19.0. The maximum Gasteiger partial charge on any atom is 0.472 e. The highest BCUT2D eigenvalue weighted by molar-refractivity contribution is 7.47. The summed E-state index contributed by atoms with van der Waals surface area (Å²) in [6.07, 6.45) is 29.0. The number of phosphoric acid groups is 1. The molecule has 0 amide bonds. The summed E-state index contributed by atoms with van der Waals surface area (Å²) >= 11 is 0. The minimum Gasteiger partial charge on any atom is -0.480 e. The third-order valence-corrected chi connectivity index (χ3v) is 10.4. The van der Waals surface area contributed by atoms with Gasteiger partial charge < -0.3 is 30.3 Å². The highest BCUT2D eigenvalue weighted by atomic mass is 31.2. The first kappa shape index (κ1) is 51.4. The Kier molecular flexibility index (Phi) is 35.0. The lowest BCUT2D eigenvalue weighted by Gasteiger charge is -2.20. The van der Waals surface area contributed by atoms with E-state index in [1.54, 1.807) is 0 Å². The molecule has 5 N–H and O–H groups in total. The molecule has 0 saturated carbocycles. The van der Waals surface area contributed by atoms with E-state index in [-0.39, 0.29) is 25.6 Å². The first-order valence-electron chi connectivity index (χ1n) is 21.1. The molecule has 0 bridgehead atoms. The van der Waals surface area contributed by atoms with Crippen LogP contribution in [0.5, 0.6) is 0 Å². The van der Waals surface area contributed by atoms with Gasteiger partial charge in [-0.3, -0.25) is 23.4 Å². The molecule has 0 aromatic rings. The summed E-state index contributed by atoms with van der Waals surface area (Å²) in [7, 11) is -4.72. The van der Waals surface area contributed by atoms with E-state index >= 15 is 0 Å². The Labute approximate surface area is 321 Å². The Bertz CT molecular complexity index is 938. The SMILES string of the molecule is CCCCCCCCCCCCCCCC(=O)OCC(COP(=O)(O)OCC(N)C(=O)O)OC(=O)CCCCCCCCCCC(O)CCCCCC. The lowest BCUT2D eigenvalue weighted by Crippen LogP contribution is -2.34. The molecule has 4 atom stereocenters. The van der Waals surface area contributed by atoms with E-state index in [9.17, 15) is 28.9 Å². The van der Waals surface area contributed by atoms with Crippen LogP contribution in [-0.2, 0) is 37.5 Å². The van der Waals surface area contributed by atoms with Crippen LogP contribution in [-0.4, -0.2) is 71.1 Å². The van der Waals surface area contributed by atoms with Crippen LogP contribution in [0, 0.1) is 0 Å². The summed E-state index contributed by atoms with van der Waals surface area (Å²) < 4.78 is 32.6. The number of phosphoric ester groups is 1. The lowest BCUT2D eigenvalue weighted by atomic mass is 10.0. The number of aliphatic carboxylic acids is 1. The summed E-state index contributed by atoms with van der Waals surface area (Å²) in [4.78, 5) is 45.9. The van der Waals surface area contributed by atoms with Gasteiger partial charge in [0.25, 0.3) is 0 Å². The number of rotatable bonds is 40. The highest BCUT2D eigenvalue weighted by Gasteiger charge is 2.28. The maximum atomic E-state index is 12.6. The van der Waals surface area contributed by atoms with E-state index < -0.39 is 51.1 Å². The predicted molar refractivity (Wildman–Crippen MR) is 209 cm³/mol. The third kappa shape index (κ3) is 35.9. The van der Waals surface area contributed by atoms with Crippen molar-refractivity contribution in [2.45, 2.75) is 218 Å². The fourth-order valence-electron chi connectivity index (χ4n) is 6.03. The second kappa shape index (κ2) is 36.1. The number of hydrogen-bond donors (Lipinski definition) is 4. The number of carboxylic acid groups (broad SMARTS) is 1. The minimum absolute atomic E-state index is 0.139. The van der Waals surface area contributed by atoms with Crippen LogP contribution in [0.3, 0.4) is 0 Å². The molecule has 0 spiro atoms. The van der Waals surface area contributed by atoms with Crippen molar-refractivity contribution in [3.63, 3.8) is 0 Å². The molecule has 0 rings (SSSR count). The summed E-state index contributed by atoms with van der Waals surface area (Å²) in [5.74, 6) is -2.41. The molecule has 4 unspecified atom stereocenters. The van der Waals surface area contributed by atoms with Crippen molar-refractivity contribution in [3.8, 4) is 0 Å². The predicted octanol–water partition coefficient (Wildman–Crippen LogP) is 9.70. The molecule has 12 nitrogen and oxygen atoms in total. The fraction of sp³-hybridized carbons (Fsp3) is 0.925. The van der Waals surface area contributed by atoms with E-state index in [0.717, 1.165) is 83.5 Å². The number of hydrogen-bond acceptors (Lipinski definition) is 10. The van der Waals surface area contributed by atoms with Crippen molar-refractivity contribution in [1.29, 1.82) is 0 Å². The van der Waals surface area contributed by atoms with Crippen LogP contribution in [0.4, 0.5) is 0 Å². The normalized spacial score (nSPS) is 14.4. The van der Waals surface area contributed by atoms with Gasteiger partial charge >= 0.3 is 25.7 Å². The summed E-state index contributed by atoms with van der Waals surface area (Å²) in [6.45, 7) is 2.71. The number of unbranched alkanes of at least 4 members (excludes halogenated alkanes) is 22. The van der Waals surface area contributed by atoms with E-state index in [2.05, 4.69) is 18.4 Å². The number of carbonyl (C=O) groups is 3. The van der Waals surface area contributed by atoms with E-state index in [1.165, 1.54) is 77.0 Å². The van der Waals surface area contributed by atoms with Crippen molar-refractivity contribution >= 4 is 25.7 Å². The van der Waals surface area contributed by atoms with Gasteiger partial charge in [0.05, 0.1) is 19.3 Å². The molecule has 314 valence electrons. The Morgan fingerprint density at radius 1 is 0.566 bits per heavy atom. The fourth-order valence-corrected chi connectivity index (χ4v) is 6.81. The number of carbonyl (C=O) groups excluding carboxylic acids is 2. The van der Waals surface area contributed by atoms with Gasteiger partial charge in [-0.1, -0.05) is 162 Å². The number of aliphatic hydroxyl groups excluding tert-OH is 1. The number of nitrogens with two attached hydrogens (primary N) is 1. The molecule has 0 aliphatic heterocycles. The first-order valence-corrected chi connectivity index (χ1v) is 22.6. The van der Waals surface area contributed by atoms with Gasteiger partial charge in [-0.05, 0) is 25.7 Å². The number of esters is 2. The summed E-state index contributed by atoms with van der Waals surface area (Å²) in [5.41, 5.74) is 5.32. The quantitative estimate of drug-likeness (QED) is 0.0262. The monoisotopic (exact) mass is 780 g/mol. The molecule has 0 saturated heterocycles. The van der Waals surface area contributed by atoms with Gasteiger partial charge in [-0.25, -0.2) is 4.57 Å². The average Bonchev–Trinajstić information content (AvgIpc) is 3.12. The zero-order valence-corrected chi connectivity index (χ0v) is 34.4. The molecule has 0 radical (unpaired) electrons. The smallest absolute Gasteiger partial charge is 0.472 e. The van der Waals surface area contributed by atoms with Gasteiger partial charge in [0, 0.05) is 12.8 Å². The Morgan fingerprint density at radius 3 is 1.40 bits per heavy atom. The molecule has 0 heterocycles. The second-order valence-corrected chi connectivity index (χ2v) is 16.1. The third-order valence-electron chi connectivity index (χ3n) is 9.43. The van der Waals surface area contributed by atoms with E-state index in [1.807, 2.05) is 0 Å². The van der Waals surface area contributed by atoms with Gasteiger partial charge in [-0.15, -0.1) is 0 Å². The van der Waals surface area contributed by atoms with E-state index in [4.69, 9.17) is 24.8 Å². The van der Waals surface area contributed by atoms with Gasteiger partial charge in [-0.2, -0.15) is 0 Å². The van der Waals surface area contributed by atoms with Gasteiger partial charge in [0.1, 0.15) is 12.6 Å². The van der Waals surface area contributed by atoms with Crippen molar-refractivity contribution in [1.82, 2.24) is 0 Å². The molecule has 0 aromatic heterocycles. The number of ether oxygens (including phenoxy) is 2.